The van der Waals surface area contributed by atoms with E-state index < -0.39 is 0 Å². The van der Waals surface area contributed by atoms with E-state index >= 15 is 0 Å². The average molecular weight is 339 g/mol. The van der Waals surface area contributed by atoms with E-state index in [1.807, 2.05) is 12.1 Å². The number of rotatable bonds is 3. The van der Waals surface area contributed by atoms with Gasteiger partial charge in [-0.3, -0.25) is 9.80 Å². The minimum atomic E-state index is 0.321. The van der Waals surface area contributed by atoms with Crippen LogP contribution in [0.4, 0.5) is 0 Å². The van der Waals surface area contributed by atoms with Crippen molar-refractivity contribution in [2.24, 2.45) is 0 Å². The molecule has 0 aliphatic carbocycles. The lowest BCUT2D eigenvalue weighted by atomic mass is 10.1. The van der Waals surface area contributed by atoms with Crippen LogP contribution in [0.2, 0.25) is 0 Å². The van der Waals surface area contributed by atoms with Gasteiger partial charge in [-0.25, -0.2) is 0 Å². The molecule has 0 radical (unpaired) electrons. The lowest BCUT2D eigenvalue weighted by molar-refractivity contribution is 0.161. The zero-order valence-electron chi connectivity index (χ0n) is 11.9. The van der Waals surface area contributed by atoms with Crippen LogP contribution in [0.3, 0.4) is 0 Å². The first-order valence-corrected chi connectivity index (χ1v) is 8.45. The van der Waals surface area contributed by atoms with Crippen molar-refractivity contribution >= 4 is 15.9 Å². The smallest absolute Gasteiger partial charge is 0.129 e. The van der Waals surface area contributed by atoms with Gasteiger partial charge in [0.05, 0.1) is 4.47 Å². The van der Waals surface area contributed by atoms with Crippen molar-refractivity contribution in [2.75, 3.05) is 26.2 Å². The largest absolute Gasteiger partial charge is 0.507 e. The summed E-state index contributed by atoms with van der Waals surface area (Å²) in [5.74, 6) is 0.321. The van der Waals surface area contributed by atoms with E-state index in [4.69, 9.17) is 0 Å². The molecular weight excluding hydrogens is 316 g/mol. The summed E-state index contributed by atoms with van der Waals surface area (Å²) >= 11 is 3.39. The molecule has 3 rings (SSSR count). The summed E-state index contributed by atoms with van der Waals surface area (Å²) in [6.07, 6.45) is 5.47. The molecule has 1 atom stereocenters. The van der Waals surface area contributed by atoms with E-state index in [1.54, 1.807) is 6.07 Å². The quantitative estimate of drug-likeness (QED) is 0.916. The van der Waals surface area contributed by atoms with E-state index in [1.165, 1.54) is 57.4 Å². The highest BCUT2D eigenvalue weighted by molar-refractivity contribution is 9.10. The topological polar surface area (TPSA) is 26.7 Å². The van der Waals surface area contributed by atoms with Crippen molar-refractivity contribution < 1.29 is 5.11 Å². The Balaban J connectivity index is 1.55. The van der Waals surface area contributed by atoms with Gasteiger partial charge in [0.1, 0.15) is 5.75 Å². The Bertz CT molecular complexity index is 460. The molecule has 0 spiro atoms. The maximum absolute atomic E-state index is 9.55. The molecule has 2 aliphatic rings. The third-order valence-electron chi connectivity index (χ3n) is 4.57. The summed E-state index contributed by atoms with van der Waals surface area (Å²) in [5, 5.41) is 9.55. The van der Waals surface area contributed by atoms with Crippen molar-refractivity contribution in [2.45, 2.75) is 38.3 Å². The molecule has 0 amide bonds. The van der Waals surface area contributed by atoms with Crippen LogP contribution in [-0.2, 0) is 6.54 Å². The van der Waals surface area contributed by atoms with Crippen LogP contribution in [0.5, 0.6) is 5.75 Å². The number of phenolic OH excluding ortho intramolecular Hbond substituents is 1. The SMILES string of the molecule is Oc1ccc(CN2CCC(N3CCCCC3)C2)cc1Br. The second-order valence-electron chi connectivity index (χ2n) is 6.06. The molecule has 1 aromatic carbocycles. The monoisotopic (exact) mass is 338 g/mol. The first-order chi connectivity index (χ1) is 9.72. The maximum atomic E-state index is 9.55. The number of benzene rings is 1. The van der Waals surface area contributed by atoms with Crippen LogP contribution in [0.15, 0.2) is 22.7 Å². The normalized spacial score (nSPS) is 25.1. The second kappa shape index (κ2) is 6.46. The average Bonchev–Trinajstić information content (AvgIpc) is 2.92. The van der Waals surface area contributed by atoms with Crippen molar-refractivity contribution in [1.82, 2.24) is 9.80 Å². The number of halogens is 1. The minimum Gasteiger partial charge on any atom is -0.507 e. The molecule has 2 saturated heterocycles. The van der Waals surface area contributed by atoms with Crippen molar-refractivity contribution in [1.29, 1.82) is 0 Å². The van der Waals surface area contributed by atoms with Gasteiger partial charge in [-0.2, -0.15) is 0 Å². The summed E-state index contributed by atoms with van der Waals surface area (Å²) in [7, 11) is 0. The first-order valence-electron chi connectivity index (χ1n) is 7.66. The molecule has 20 heavy (non-hydrogen) atoms. The van der Waals surface area contributed by atoms with Gasteiger partial charge in [0.2, 0.25) is 0 Å². The van der Waals surface area contributed by atoms with Gasteiger partial charge in [-0.1, -0.05) is 12.5 Å². The predicted octanol–water partition coefficient (Wildman–Crippen LogP) is 3.21. The molecule has 110 valence electrons. The van der Waals surface area contributed by atoms with Crippen molar-refractivity contribution in [3.63, 3.8) is 0 Å². The molecule has 2 aliphatic heterocycles. The fourth-order valence-corrected chi connectivity index (χ4v) is 3.87. The standard InChI is InChI=1S/C16H23BrN2O/c17-15-10-13(4-5-16(15)20)11-18-9-6-14(12-18)19-7-2-1-3-8-19/h4-5,10,14,20H,1-3,6-9,11-12H2. The Kier molecular flexibility index (Phi) is 4.64. The third kappa shape index (κ3) is 3.35. The lowest BCUT2D eigenvalue weighted by Crippen LogP contribution is -2.40. The number of likely N-dealkylation sites (tertiary alicyclic amines) is 2. The molecule has 4 heteroatoms. The number of hydrogen-bond acceptors (Lipinski definition) is 3. The third-order valence-corrected chi connectivity index (χ3v) is 5.21. The first kappa shape index (κ1) is 14.4. The second-order valence-corrected chi connectivity index (χ2v) is 6.91. The van der Waals surface area contributed by atoms with E-state index in [-0.39, 0.29) is 0 Å². The Hall–Kier alpha value is -0.580. The molecule has 1 aromatic rings. The zero-order valence-corrected chi connectivity index (χ0v) is 13.5. The number of nitrogens with zero attached hydrogens (tertiary/aromatic N) is 2. The van der Waals surface area contributed by atoms with Crippen LogP contribution >= 0.6 is 15.9 Å². The highest BCUT2D eigenvalue weighted by Gasteiger charge is 2.28. The van der Waals surface area contributed by atoms with Crippen LogP contribution in [-0.4, -0.2) is 47.1 Å². The van der Waals surface area contributed by atoms with Gasteiger partial charge in [0.15, 0.2) is 0 Å². The van der Waals surface area contributed by atoms with E-state index in [2.05, 4.69) is 25.7 Å². The fourth-order valence-electron chi connectivity index (χ4n) is 3.44. The Morgan fingerprint density at radius 1 is 1.15 bits per heavy atom. The number of piperidine rings is 1. The molecule has 0 saturated carbocycles. The molecule has 0 bridgehead atoms. The molecular formula is C16H23BrN2O. The van der Waals surface area contributed by atoms with Gasteiger partial charge in [0, 0.05) is 25.7 Å². The zero-order chi connectivity index (χ0) is 13.9. The number of aromatic hydroxyl groups is 1. The lowest BCUT2D eigenvalue weighted by Gasteiger charge is -2.32. The van der Waals surface area contributed by atoms with Gasteiger partial charge >= 0.3 is 0 Å². The highest BCUT2D eigenvalue weighted by atomic mass is 79.9. The molecule has 2 fully saturated rings. The Morgan fingerprint density at radius 3 is 2.70 bits per heavy atom. The fraction of sp³-hybridized carbons (Fsp3) is 0.625. The molecule has 0 aromatic heterocycles. The van der Waals surface area contributed by atoms with Crippen LogP contribution < -0.4 is 0 Å². The number of hydrogen-bond donors (Lipinski definition) is 1. The molecule has 1 unspecified atom stereocenters. The van der Waals surface area contributed by atoms with Crippen LogP contribution in [0.25, 0.3) is 0 Å². The van der Waals surface area contributed by atoms with Crippen LogP contribution in [0, 0.1) is 0 Å². The van der Waals surface area contributed by atoms with Gasteiger partial charge < -0.3 is 5.11 Å². The maximum Gasteiger partial charge on any atom is 0.129 e. The summed E-state index contributed by atoms with van der Waals surface area (Å²) < 4.78 is 0.793. The Labute approximate surface area is 129 Å². The van der Waals surface area contributed by atoms with Gasteiger partial charge in [0.25, 0.3) is 0 Å². The van der Waals surface area contributed by atoms with E-state index in [0.29, 0.717) is 5.75 Å². The van der Waals surface area contributed by atoms with Crippen LogP contribution in [0.1, 0.15) is 31.2 Å². The Morgan fingerprint density at radius 2 is 1.95 bits per heavy atom. The van der Waals surface area contributed by atoms with Gasteiger partial charge in [-0.05, 0) is 66.0 Å². The summed E-state index contributed by atoms with van der Waals surface area (Å²) in [4.78, 5) is 5.23. The molecule has 3 nitrogen and oxygen atoms in total. The van der Waals surface area contributed by atoms with Crippen molar-refractivity contribution in [3.8, 4) is 5.75 Å². The van der Waals surface area contributed by atoms with E-state index in [9.17, 15) is 5.11 Å². The molecule has 1 N–H and O–H groups in total. The van der Waals surface area contributed by atoms with E-state index in [0.717, 1.165) is 17.1 Å². The predicted molar refractivity (Wildman–Crippen MR) is 84.9 cm³/mol. The van der Waals surface area contributed by atoms with Gasteiger partial charge in [-0.15, -0.1) is 0 Å². The summed E-state index contributed by atoms with van der Waals surface area (Å²) in [6, 6.07) is 6.59. The van der Waals surface area contributed by atoms with Crippen molar-refractivity contribution in [3.05, 3.63) is 28.2 Å². The highest BCUT2D eigenvalue weighted by Crippen LogP contribution is 2.26. The summed E-state index contributed by atoms with van der Waals surface area (Å²) in [5.41, 5.74) is 1.27. The number of phenols is 1. The summed E-state index contributed by atoms with van der Waals surface area (Å²) in [6.45, 7) is 5.97. The molecule has 2 heterocycles. The minimum absolute atomic E-state index is 0.321.